The van der Waals surface area contributed by atoms with Gasteiger partial charge in [0, 0.05) is 12.6 Å². The van der Waals surface area contributed by atoms with E-state index in [0.717, 1.165) is 11.3 Å². The maximum Gasteiger partial charge on any atom is 0.252 e. The van der Waals surface area contributed by atoms with Crippen LogP contribution in [-0.2, 0) is 6.42 Å². The van der Waals surface area contributed by atoms with E-state index in [0.29, 0.717) is 24.2 Å². The zero-order chi connectivity index (χ0) is 14.4. The molecule has 0 fully saturated rings. The lowest BCUT2D eigenvalue weighted by Gasteiger charge is -2.23. The maximum atomic E-state index is 13.0. The lowest BCUT2D eigenvalue weighted by atomic mass is 9.82. The molecule has 1 aliphatic rings. The smallest absolute Gasteiger partial charge is 0.252 e. The van der Waals surface area contributed by atoms with Crippen LogP contribution in [-0.4, -0.2) is 25.4 Å². The lowest BCUT2D eigenvalue weighted by molar-refractivity contribution is 0.0962. The highest BCUT2D eigenvalue weighted by Gasteiger charge is 2.28. The van der Waals surface area contributed by atoms with Gasteiger partial charge in [-0.25, -0.2) is 13.9 Å². The fourth-order valence-electron chi connectivity index (χ4n) is 2.79. The summed E-state index contributed by atoms with van der Waals surface area (Å²) >= 11 is 0. The average Bonchev–Trinajstić information content (AvgIpc) is 2.93. The Labute approximate surface area is 119 Å². The van der Waals surface area contributed by atoms with E-state index in [9.17, 15) is 9.18 Å². The molecule has 0 saturated carbocycles. The van der Waals surface area contributed by atoms with Gasteiger partial charge < -0.3 is 0 Å². The zero-order valence-corrected chi connectivity index (χ0v) is 11.0. The van der Waals surface area contributed by atoms with E-state index in [1.165, 1.54) is 23.0 Å². The largest absolute Gasteiger partial charge is 0.294 e. The summed E-state index contributed by atoms with van der Waals surface area (Å²) < 4.78 is 14.5. The molecule has 21 heavy (non-hydrogen) atoms. The molecule has 0 spiro atoms. The first-order valence-corrected chi connectivity index (χ1v) is 6.68. The predicted octanol–water partition coefficient (Wildman–Crippen LogP) is 2.18. The molecule has 2 aromatic heterocycles. The summed E-state index contributed by atoms with van der Waals surface area (Å²) in [5.41, 5.74) is 2.30. The van der Waals surface area contributed by atoms with Crippen LogP contribution in [0.15, 0.2) is 36.8 Å². The van der Waals surface area contributed by atoms with Crippen LogP contribution in [0.4, 0.5) is 4.39 Å². The zero-order valence-electron chi connectivity index (χ0n) is 11.0. The molecule has 1 aliphatic carbocycles. The molecule has 0 N–H and O–H groups in total. The molecule has 6 heteroatoms. The first-order valence-electron chi connectivity index (χ1n) is 6.68. The number of halogens is 1. The molecule has 5 nitrogen and oxygen atoms in total. The molecule has 104 valence electrons. The number of nitrogens with zero attached hydrogens (tertiary/aromatic N) is 4. The standard InChI is InChI=1S/C15H11FN4O/c16-11-3-1-9(2-4-11)10-5-13-12(14(21)6-10)7-20-15(19-13)17-8-18-20/h1-4,7-8,10H,5-6H2. The highest BCUT2D eigenvalue weighted by atomic mass is 19.1. The molecule has 0 saturated heterocycles. The van der Waals surface area contributed by atoms with Gasteiger partial charge in [-0.1, -0.05) is 12.1 Å². The van der Waals surface area contributed by atoms with Crippen LogP contribution < -0.4 is 0 Å². The van der Waals surface area contributed by atoms with Crippen molar-refractivity contribution in [2.45, 2.75) is 18.8 Å². The number of hydrogen-bond donors (Lipinski definition) is 0. The molecule has 0 aliphatic heterocycles. The second-order valence-electron chi connectivity index (χ2n) is 5.19. The van der Waals surface area contributed by atoms with Gasteiger partial charge >= 0.3 is 0 Å². The number of ketones is 1. The number of rotatable bonds is 1. The van der Waals surface area contributed by atoms with Gasteiger partial charge in [-0.05, 0) is 30.0 Å². The van der Waals surface area contributed by atoms with E-state index in [1.807, 2.05) is 0 Å². The Bertz CT molecular complexity index is 841. The maximum absolute atomic E-state index is 13.0. The molecular weight excluding hydrogens is 271 g/mol. The van der Waals surface area contributed by atoms with Crippen LogP contribution in [0.2, 0.25) is 0 Å². The summed E-state index contributed by atoms with van der Waals surface area (Å²) in [5, 5.41) is 4.00. The van der Waals surface area contributed by atoms with E-state index >= 15 is 0 Å². The van der Waals surface area contributed by atoms with Gasteiger partial charge in [-0.2, -0.15) is 10.1 Å². The van der Waals surface area contributed by atoms with E-state index in [1.54, 1.807) is 18.3 Å². The average molecular weight is 282 g/mol. The molecule has 4 rings (SSSR count). The number of benzene rings is 1. The number of fused-ring (bicyclic) bond motifs is 2. The Morgan fingerprint density at radius 3 is 2.81 bits per heavy atom. The Kier molecular flexibility index (Phi) is 2.57. The van der Waals surface area contributed by atoms with Gasteiger partial charge in [0.1, 0.15) is 12.1 Å². The summed E-state index contributed by atoms with van der Waals surface area (Å²) in [6.07, 6.45) is 4.15. The molecule has 1 atom stereocenters. The summed E-state index contributed by atoms with van der Waals surface area (Å²) in [6, 6.07) is 6.30. The van der Waals surface area contributed by atoms with E-state index in [-0.39, 0.29) is 17.5 Å². The van der Waals surface area contributed by atoms with Gasteiger partial charge in [0.05, 0.1) is 11.3 Å². The third kappa shape index (κ3) is 1.99. The minimum absolute atomic E-state index is 0.0310. The van der Waals surface area contributed by atoms with E-state index in [4.69, 9.17) is 0 Å². The Morgan fingerprint density at radius 2 is 2.00 bits per heavy atom. The molecule has 0 radical (unpaired) electrons. The highest BCUT2D eigenvalue weighted by Crippen LogP contribution is 2.31. The second kappa shape index (κ2) is 4.44. The normalized spacial score (nSPS) is 18.0. The van der Waals surface area contributed by atoms with Crippen molar-refractivity contribution in [2.75, 3.05) is 0 Å². The number of carbonyl (C=O) groups excluding carboxylic acids is 1. The predicted molar refractivity (Wildman–Crippen MR) is 72.6 cm³/mol. The van der Waals surface area contributed by atoms with Crippen LogP contribution in [0.25, 0.3) is 5.78 Å². The van der Waals surface area contributed by atoms with Crippen molar-refractivity contribution in [3.8, 4) is 0 Å². The van der Waals surface area contributed by atoms with Gasteiger partial charge in [-0.15, -0.1) is 0 Å². The van der Waals surface area contributed by atoms with E-state index in [2.05, 4.69) is 15.1 Å². The molecule has 0 amide bonds. The second-order valence-corrected chi connectivity index (χ2v) is 5.19. The van der Waals surface area contributed by atoms with Gasteiger partial charge in [0.25, 0.3) is 5.78 Å². The quantitative estimate of drug-likeness (QED) is 0.686. The summed E-state index contributed by atoms with van der Waals surface area (Å²) in [7, 11) is 0. The van der Waals surface area contributed by atoms with Crippen LogP contribution >= 0.6 is 0 Å². The molecule has 0 bridgehead atoms. The van der Waals surface area contributed by atoms with Crippen molar-refractivity contribution in [2.24, 2.45) is 0 Å². The van der Waals surface area contributed by atoms with Crippen LogP contribution in [0, 0.1) is 5.82 Å². The van der Waals surface area contributed by atoms with Gasteiger partial charge in [0.2, 0.25) is 0 Å². The van der Waals surface area contributed by atoms with Gasteiger partial charge in [0.15, 0.2) is 5.78 Å². The molecule has 1 unspecified atom stereocenters. The highest BCUT2D eigenvalue weighted by molar-refractivity contribution is 5.98. The van der Waals surface area contributed by atoms with E-state index < -0.39 is 0 Å². The first kappa shape index (κ1) is 12.1. The Morgan fingerprint density at radius 1 is 1.19 bits per heavy atom. The van der Waals surface area contributed by atoms with Crippen molar-refractivity contribution < 1.29 is 9.18 Å². The topological polar surface area (TPSA) is 60.2 Å². The summed E-state index contributed by atoms with van der Waals surface area (Å²) in [5.74, 6) is 0.282. The van der Waals surface area contributed by atoms with Crippen LogP contribution in [0.3, 0.4) is 0 Å². The Hall–Kier alpha value is -2.63. The van der Waals surface area contributed by atoms with Gasteiger partial charge in [-0.3, -0.25) is 4.79 Å². The minimum Gasteiger partial charge on any atom is -0.294 e. The number of hydrogen-bond acceptors (Lipinski definition) is 4. The number of Topliss-reactive ketones (excluding diaryl/α,β-unsaturated/α-hetero) is 1. The van der Waals surface area contributed by atoms with Crippen LogP contribution in [0.1, 0.15) is 34.0 Å². The Balaban J connectivity index is 1.76. The lowest BCUT2D eigenvalue weighted by Crippen LogP contribution is -2.21. The number of carbonyl (C=O) groups is 1. The molecular formula is C15H11FN4O. The SMILES string of the molecule is O=C1CC(c2ccc(F)cc2)Cc2nc3ncnn3cc21. The summed E-state index contributed by atoms with van der Waals surface area (Å²) in [4.78, 5) is 20.8. The fourth-order valence-corrected chi connectivity index (χ4v) is 2.79. The molecule has 3 aromatic rings. The van der Waals surface area contributed by atoms with Crippen molar-refractivity contribution in [3.63, 3.8) is 0 Å². The van der Waals surface area contributed by atoms with Crippen molar-refractivity contribution in [1.82, 2.24) is 19.6 Å². The number of aromatic nitrogens is 4. The third-order valence-electron chi connectivity index (χ3n) is 3.86. The van der Waals surface area contributed by atoms with Crippen molar-refractivity contribution >= 4 is 11.6 Å². The van der Waals surface area contributed by atoms with Crippen molar-refractivity contribution in [1.29, 1.82) is 0 Å². The third-order valence-corrected chi connectivity index (χ3v) is 3.86. The van der Waals surface area contributed by atoms with Crippen LogP contribution in [0.5, 0.6) is 0 Å². The monoisotopic (exact) mass is 282 g/mol. The van der Waals surface area contributed by atoms with Crippen molar-refractivity contribution in [3.05, 3.63) is 59.4 Å². The molecule has 1 aromatic carbocycles. The minimum atomic E-state index is -0.274. The molecule has 2 heterocycles. The fraction of sp³-hybridized carbons (Fsp3) is 0.200. The first-order chi connectivity index (χ1) is 10.2. The summed E-state index contributed by atoms with van der Waals surface area (Å²) in [6.45, 7) is 0.